The number of hydrogen-bond donors (Lipinski definition) is 2. The van der Waals surface area contributed by atoms with Crippen LogP contribution in [0.1, 0.15) is 39.0 Å². The van der Waals surface area contributed by atoms with Crippen LogP contribution in [-0.4, -0.2) is 15.0 Å². The Morgan fingerprint density at radius 3 is 2.60 bits per heavy atom. The zero-order valence-corrected chi connectivity index (χ0v) is 14.1. The summed E-state index contributed by atoms with van der Waals surface area (Å²) in [5.41, 5.74) is 6.18. The van der Waals surface area contributed by atoms with Gasteiger partial charge in [-0.1, -0.05) is 35.7 Å². The molecule has 0 saturated heterocycles. The maximum atomic E-state index is 12.4. The Bertz CT molecular complexity index is 581. The zero-order valence-electron chi connectivity index (χ0n) is 11.7. The second kappa shape index (κ2) is 6.03. The Morgan fingerprint density at radius 2 is 2.00 bits per heavy atom. The first-order chi connectivity index (χ1) is 9.38. The van der Waals surface area contributed by atoms with Crippen LogP contribution in [-0.2, 0) is 10.0 Å². The monoisotopic (exact) mass is 360 g/mol. The summed E-state index contributed by atoms with van der Waals surface area (Å²) in [5.74, 6) is 0. The molecule has 0 unspecified atom stereocenters. The van der Waals surface area contributed by atoms with Crippen molar-refractivity contribution in [3.05, 3.63) is 22.7 Å². The Morgan fingerprint density at radius 1 is 1.35 bits per heavy atom. The molecule has 1 aliphatic carbocycles. The first-order valence-electron chi connectivity index (χ1n) is 6.93. The predicted octanol–water partition coefficient (Wildman–Crippen LogP) is 3.28. The molecule has 6 heteroatoms. The summed E-state index contributed by atoms with van der Waals surface area (Å²) in [6.07, 6.45) is 5.58. The Kier molecular flexibility index (Phi) is 4.76. The molecule has 1 saturated carbocycles. The number of nitrogens with one attached hydrogen (secondary N) is 1. The summed E-state index contributed by atoms with van der Waals surface area (Å²) >= 11 is 3.28. The number of anilines is 1. The molecule has 1 aromatic rings. The number of benzene rings is 1. The molecule has 2 rings (SSSR count). The fourth-order valence-electron chi connectivity index (χ4n) is 2.85. The first-order valence-corrected chi connectivity index (χ1v) is 9.21. The quantitative estimate of drug-likeness (QED) is 0.791. The van der Waals surface area contributed by atoms with E-state index in [0.29, 0.717) is 11.0 Å². The van der Waals surface area contributed by atoms with Crippen LogP contribution in [0, 0.1) is 5.41 Å². The Labute approximate surface area is 129 Å². The third kappa shape index (κ3) is 3.35. The minimum Gasteiger partial charge on any atom is -0.398 e. The number of rotatable bonds is 5. The Hall–Kier alpha value is -0.590. The molecule has 1 fully saturated rings. The van der Waals surface area contributed by atoms with Crippen molar-refractivity contribution in [3.63, 3.8) is 0 Å². The van der Waals surface area contributed by atoms with Crippen molar-refractivity contribution in [1.29, 1.82) is 0 Å². The molecule has 1 aliphatic rings. The second-order valence-electron chi connectivity index (χ2n) is 5.57. The summed E-state index contributed by atoms with van der Waals surface area (Å²) in [7, 11) is -3.55. The van der Waals surface area contributed by atoms with E-state index in [1.807, 2.05) is 0 Å². The topological polar surface area (TPSA) is 72.2 Å². The van der Waals surface area contributed by atoms with Gasteiger partial charge in [-0.05, 0) is 42.9 Å². The van der Waals surface area contributed by atoms with Crippen molar-refractivity contribution in [2.24, 2.45) is 5.41 Å². The summed E-state index contributed by atoms with van der Waals surface area (Å²) in [5, 5.41) is 0. The van der Waals surface area contributed by atoms with Gasteiger partial charge in [0, 0.05) is 11.0 Å². The lowest BCUT2D eigenvalue weighted by Crippen LogP contribution is -2.35. The third-order valence-electron chi connectivity index (χ3n) is 4.32. The van der Waals surface area contributed by atoms with E-state index in [2.05, 4.69) is 27.6 Å². The molecular formula is C14H21BrN2O2S. The molecule has 0 spiro atoms. The van der Waals surface area contributed by atoms with E-state index < -0.39 is 10.0 Å². The fraction of sp³-hybridized carbons (Fsp3) is 0.571. The molecule has 112 valence electrons. The van der Waals surface area contributed by atoms with Gasteiger partial charge in [0.25, 0.3) is 0 Å². The highest BCUT2D eigenvalue weighted by atomic mass is 79.9. The van der Waals surface area contributed by atoms with Crippen LogP contribution >= 0.6 is 15.9 Å². The highest BCUT2D eigenvalue weighted by molar-refractivity contribution is 9.10. The highest BCUT2D eigenvalue weighted by Gasteiger charge is 2.33. The molecule has 20 heavy (non-hydrogen) atoms. The van der Waals surface area contributed by atoms with Crippen molar-refractivity contribution >= 4 is 31.6 Å². The summed E-state index contributed by atoms with van der Waals surface area (Å²) in [6, 6.07) is 4.88. The molecule has 0 amide bonds. The van der Waals surface area contributed by atoms with Gasteiger partial charge in [0.1, 0.15) is 4.90 Å². The number of sulfonamides is 1. The first kappa shape index (κ1) is 15.8. The van der Waals surface area contributed by atoms with Gasteiger partial charge in [0.15, 0.2) is 0 Å². The molecule has 0 bridgehead atoms. The van der Waals surface area contributed by atoms with Crippen LogP contribution in [0.15, 0.2) is 27.6 Å². The third-order valence-corrected chi connectivity index (χ3v) is 6.27. The lowest BCUT2D eigenvalue weighted by Gasteiger charge is -2.27. The van der Waals surface area contributed by atoms with E-state index in [1.54, 1.807) is 18.2 Å². The van der Waals surface area contributed by atoms with Gasteiger partial charge < -0.3 is 5.73 Å². The molecule has 0 heterocycles. The summed E-state index contributed by atoms with van der Waals surface area (Å²) < 4.78 is 28.3. The van der Waals surface area contributed by atoms with Gasteiger partial charge in [0.05, 0.1) is 5.69 Å². The van der Waals surface area contributed by atoms with Crippen LogP contribution in [0.2, 0.25) is 0 Å². The highest BCUT2D eigenvalue weighted by Crippen LogP contribution is 2.40. The van der Waals surface area contributed by atoms with Gasteiger partial charge in [0.2, 0.25) is 10.0 Å². The van der Waals surface area contributed by atoms with E-state index in [1.165, 1.54) is 12.8 Å². The van der Waals surface area contributed by atoms with E-state index in [-0.39, 0.29) is 16.0 Å². The molecular weight excluding hydrogens is 340 g/mol. The fourth-order valence-corrected chi connectivity index (χ4v) is 4.67. The molecule has 4 nitrogen and oxygen atoms in total. The normalized spacial score (nSPS) is 18.3. The van der Waals surface area contributed by atoms with Crippen molar-refractivity contribution in [2.75, 3.05) is 12.3 Å². The van der Waals surface area contributed by atoms with Crippen molar-refractivity contribution in [2.45, 2.75) is 43.9 Å². The number of halogens is 1. The lowest BCUT2D eigenvalue weighted by molar-refractivity contribution is 0.285. The number of hydrogen-bond acceptors (Lipinski definition) is 3. The van der Waals surface area contributed by atoms with Crippen LogP contribution in [0.5, 0.6) is 0 Å². The minimum atomic E-state index is -3.55. The lowest BCUT2D eigenvalue weighted by atomic mass is 9.84. The molecule has 0 atom stereocenters. The minimum absolute atomic E-state index is 0.119. The van der Waals surface area contributed by atoms with E-state index in [9.17, 15) is 8.42 Å². The van der Waals surface area contributed by atoms with Gasteiger partial charge >= 0.3 is 0 Å². The van der Waals surface area contributed by atoms with E-state index in [4.69, 9.17) is 5.73 Å². The van der Waals surface area contributed by atoms with Gasteiger partial charge in [-0.25, -0.2) is 13.1 Å². The molecule has 1 aromatic carbocycles. The van der Waals surface area contributed by atoms with Crippen LogP contribution < -0.4 is 10.5 Å². The standard InChI is InChI=1S/C14H21BrN2O2S/c1-2-14(7-3-4-8-14)10-17-20(18,19)13-9-11(15)5-6-12(13)16/h5-6,9,17H,2-4,7-8,10,16H2,1H3. The van der Waals surface area contributed by atoms with Crippen LogP contribution in [0.25, 0.3) is 0 Å². The van der Waals surface area contributed by atoms with Crippen LogP contribution in [0.3, 0.4) is 0 Å². The van der Waals surface area contributed by atoms with Gasteiger partial charge in [-0.15, -0.1) is 0 Å². The number of nitrogens with two attached hydrogens (primary N) is 1. The van der Waals surface area contributed by atoms with E-state index in [0.717, 1.165) is 19.3 Å². The van der Waals surface area contributed by atoms with Gasteiger partial charge in [-0.2, -0.15) is 0 Å². The van der Waals surface area contributed by atoms with E-state index >= 15 is 0 Å². The van der Waals surface area contributed by atoms with Crippen molar-refractivity contribution in [1.82, 2.24) is 4.72 Å². The predicted molar refractivity (Wildman–Crippen MR) is 84.9 cm³/mol. The summed E-state index contributed by atoms with van der Waals surface area (Å²) in [4.78, 5) is 0.149. The second-order valence-corrected chi connectivity index (χ2v) is 8.22. The average Bonchev–Trinajstić information content (AvgIpc) is 2.89. The van der Waals surface area contributed by atoms with Crippen molar-refractivity contribution in [3.8, 4) is 0 Å². The molecule has 0 aromatic heterocycles. The molecule has 0 radical (unpaired) electrons. The maximum Gasteiger partial charge on any atom is 0.242 e. The van der Waals surface area contributed by atoms with Crippen molar-refractivity contribution < 1.29 is 8.42 Å². The Balaban J connectivity index is 2.17. The summed E-state index contributed by atoms with van der Waals surface area (Å²) in [6.45, 7) is 2.63. The zero-order chi connectivity index (χ0) is 14.8. The maximum absolute atomic E-state index is 12.4. The molecule has 0 aliphatic heterocycles. The number of nitrogen functional groups attached to an aromatic ring is 1. The SMILES string of the molecule is CCC1(CNS(=O)(=O)c2cc(Br)ccc2N)CCCC1. The smallest absolute Gasteiger partial charge is 0.242 e. The largest absolute Gasteiger partial charge is 0.398 e. The van der Waals surface area contributed by atoms with Gasteiger partial charge in [-0.3, -0.25) is 0 Å². The average molecular weight is 361 g/mol. The molecule has 3 N–H and O–H groups in total. The van der Waals surface area contributed by atoms with Crippen LogP contribution in [0.4, 0.5) is 5.69 Å².